The van der Waals surface area contributed by atoms with Crippen molar-refractivity contribution < 1.29 is 4.79 Å². The Morgan fingerprint density at radius 1 is 1.15 bits per heavy atom. The third-order valence-electron chi connectivity index (χ3n) is 6.36. The lowest BCUT2D eigenvalue weighted by atomic mass is 9.73. The number of anilines is 1. The summed E-state index contributed by atoms with van der Waals surface area (Å²) in [5.41, 5.74) is 6.58. The molecule has 1 aliphatic heterocycles. The Kier molecular flexibility index (Phi) is 5.73. The van der Waals surface area contributed by atoms with Crippen LogP contribution in [0.25, 0.3) is 0 Å². The van der Waals surface area contributed by atoms with Crippen LogP contribution >= 0.6 is 27.7 Å². The number of hydrogen-bond acceptors (Lipinski definition) is 5. The van der Waals surface area contributed by atoms with Gasteiger partial charge in [0.25, 0.3) is 0 Å². The molecule has 5 nitrogen and oxygen atoms in total. The minimum atomic E-state index is -0.268. The van der Waals surface area contributed by atoms with E-state index in [2.05, 4.69) is 79.3 Å². The Bertz CT molecular complexity index is 1280. The van der Waals surface area contributed by atoms with E-state index in [1.807, 2.05) is 16.8 Å². The highest BCUT2D eigenvalue weighted by atomic mass is 79.9. The monoisotopic (exact) mass is 522 g/mol. The molecule has 1 aliphatic carbocycles. The molecular weight excluding hydrogens is 496 g/mol. The third-order valence-corrected chi connectivity index (χ3v) is 7.77. The summed E-state index contributed by atoms with van der Waals surface area (Å²) in [6.07, 6.45) is 1.36. The normalized spacial score (nSPS) is 19.2. The van der Waals surface area contributed by atoms with E-state index in [-0.39, 0.29) is 17.2 Å². The van der Waals surface area contributed by atoms with Crippen molar-refractivity contribution in [1.82, 2.24) is 14.8 Å². The lowest BCUT2D eigenvalue weighted by Crippen LogP contribution is -2.36. The van der Waals surface area contributed by atoms with Crippen LogP contribution in [0.2, 0.25) is 0 Å². The number of nitrogens with one attached hydrogen (secondary N) is 1. The lowest BCUT2D eigenvalue weighted by molar-refractivity contribution is -0.118. The van der Waals surface area contributed by atoms with Gasteiger partial charge in [-0.15, -0.1) is 5.10 Å². The predicted molar refractivity (Wildman–Crippen MR) is 136 cm³/mol. The molecule has 0 fully saturated rings. The second-order valence-corrected chi connectivity index (χ2v) is 11.7. The van der Waals surface area contributed by atoms with E-state index >= 15 is 0 Å². The number of carbonyl (C=O) groups excluding carboxylic acids is 1. The van der Waals surface area contributed by atoms with Crippen LogP contribution in [-0.2, 0) is 10.5 Å². The molecule has 33 heavy (non-hydrogen) atoms. The smallest absolute Gasteiger partial charge is 0.227 e. The molecule has 0 radical (unpaired) electrons. The molecule has 5 rings (SSSR count). The van der Waals surface area contributed by atoms with Gasteiger partial charge in [0, 0.05) is 27.9 Å². The Labute approximate surface area is 207 Å². The standard InChI is InChI=1S/C26H27BrN4OS/c1-15-5-6-16(2)18(11-15)14-33-25-29-24-28-20-12-26(3,4)13-21(32)22(20)23(31(24)30-25)17-7-9-19(27)10-8-17/h5-11,23H,12-14H2,1-4H3,(H,28,29,30)/t23-/m1/s1. The number of hydrogen-bond donors (Lipinski definition) is 1. The summed E-state index contributed by atoms with van der Waals surface area (Å²) in [6, 6.07) is 14.4. The van der Waals surface area contributed by atoms with Crippen molar-refractivity contribution in [3.05, 3.63) is 80.5 Å². The Morgan fingerprint density at radius 3 is 2.67 bits per heavy atom. The number of carbonyl (C=O) groups is 1. The fourth-order valence-corrected chi connectivity index (χ4v) is 5.86. The van der Waals surface area contributed by atoms with Crippen LogP contribution in [0.1, 0.15) is 55.0 Å². The van der Waals surface area contributed by atoms with Gasteiger partial charge >= 0.3 is 0 Å². The van der Waals surface area contributed by atoms with Gasteiger partial charge in [-0.2, -0.15) is 4.98 Å². The minimum absolute atomic E-state index is 0.0738. The van der Waals surface area contributed by atoms with Crippen molar-refractivity contribution in [3.63, 3.8) is 0 Å². The molecule has 3 aromatic rings. The fourth-order valence-electron chi connectivity index (χ4n) is 4.70. The van der Waals surface area contributed by atoms with Gasteiger partial charge in [-0.05, 0) is 54.5 Å². The number of Topliss-reactive ketones (excluding diaryl/α,β-unsaturated/α-hetero) is 1. The maximum Gasteiger partial charge on any atom is 0.227 e. The molecular formula is C26H27BrN4OS. The molecule has 1 atom stereocenters. The van der Waals surface area contributed by atoms with Crippen molar-refractivity contribution >= 4 is 39.4 Å². The molecule has 0 amide bonds. The summed E-state index contributed by atoms with van der Waals surface area (Å²) in [7, 11) is 0. The molecule has 1 aromatic heterocycles. The second kappa shape index (κ2) is 8.44. The van der Waals surface area contributed by atoms with Gasteiger partial charge in [0.15, 0.2) is 5.78 Å². The van der Waals surface area contributed by atoms with Crippen molar-refractivity contribution in [2.24, 2.45) is 5.41 Å². The van der Waals surface area contributed by atoms with Crippen molar-refractivity contribution in [2.75, 3.05) is 5.32 Å². The van der Waals surface area contributed by atoms with E-state index in [0.29, 0.717) is 17.5 Å². The summed E-state index contributed by atoms with van der Waals surface area (Å²) in [6.45, 7) is 8.55. The van der Waals surface area contributed by atoms with Gasteiger partial charge in [0.1, 0.15) is 6.04 Å². The highest BCUT2D eigenvalue weighted by molar-refractivity contribution is 9.10. The quantitative estimate of drug-likeness (QED) is 0.390. The molecule has 2 heterocycles. The van der Waals surface area contributed by atoms with E-state index in [1.165, 1.54) is 16.7 Å². The van der Waals surface area contributed by atoms with Crippen LogP contribution in [0.4, 0.5) is 5.95 Å². The topological polar surface area (TPSA) is 59.8 Å². The first-order valence-electron chi connectivity index (χ1n) is 11.1. The number of nitrogens with zero attached hydrogens (tertiary/aromatic N) is 3. The number of fused-ring (bicyclic) bond motifs is 1. The van der Waals surface area contributed by atoms with Gasteiger partial charge < -0.3 is 5.32 Å². The first-order valence-corrected chi connectivity index (χ1v) is 12.9. The van der Waals surface area contributed by atoms with Gasteiger partial charge in [0.05, 0.1) is 0 Å². The third kappa shape index (κ3) is 4.41. The first-order chi connectivity index (χ1) is 15.7. The van der Waals surface area contributed by atoms with Gasteiger partial charge in [-0.25, -0.2) is 4.68 Å². The molecule has 2 aliphatic rings. The average Bonchev–Trinajstić information content (AvgIpc) is 3.15. The first kappa shape index (κ1) is 22.4. The number of ketones is 1. The number of halogens is 1. The molecule has 0 saturated heterocycles. The van der Waals surface area contributed by atoms with Crippen LogP contribution < -0.4 is 5.32 Å². The zero-order valence-electron chi connectivity index (χ0n) is 19.3. The summed E-state index contributed by atoms with van der Waals surface area (Å²) < 4.78 is 2.90. The maximum absolute atomic E-state index is 13.3. The van der Waals surface area contributed by atoms with Crippen LogP contribution in [-0.4, -0.2) is 20.5 Å². The number of aromatic nitrogens is 3. The van der Waals surface area contributed by atoms with E-state index in [0.717, 1.165) is 33.5 Å². The second-order valence-electron chi connectivity index (χ2n) is 9.79. The Morgan fingerprint density at radius 2 is 1.91 bits per heavy atom. The predicted octanol–water partition coefficient (Wildman–Crippen LogP) is 6.61. The molecule has 0 unspecified atom stereocenters. The fraction of sp³-hybridized carbons (Fsp3) is 0.346. The molecule has 0 spiro atoms. The Balaban J connectivity index is 1.52. The van der Waals surface area contributed by atoms with E-state index in [4.69, 9.17) is 10.1 Å². The van der Waals surface area contributed by atoms with E-state index in [1.54, 1.807) is 11.8 Å². The van der Waals surface area contributed by atoms with Crippen LogP contribution in [0.3, 0.4) is 0 Å². The average molecular weight is 524 g/mol. The number of aryl methyl sites for hydroxylation is 2. The van der Waals surface area contributed by atoms with Gasteiger partial charge in [0.2, 0.25) is 11.1 Å². The van der Waals surface area contributed by atoms with Crippen molar-refractivity contribution in [2.45, 2.75) is 57.5 Å². The highest BCUT2D eigenvalue weighted by Crippen LogP contribution is 2.45. The summed E-state index contributed by atoms with van der Waals surface area (Å²) in [5, 5.41) is 9.04. The molecule has 7 heteroatoms. The van der Waals surface area contributed by atoms with Gasteiger partial charge in [-0.1, -0.05) is 77.4 Å². The molecule has 170 valence electrons. The van der Waals surface area contributed by atoms with Crippen LogP contribution in [0.15, 0.2) is 63.4 Å². The number of thioether (sulfide) groups is 1. The SMILES string of the molecule is Cc1ccc(C)c(CSc2nc3n(n2)[C@H](c2ccc(Br)cc2)C2=C(CC(C)(C)CC2=O)N3)c1. The van der Waals surface area contributed by atoms with Gasteiger partial charge in [-0.3, -0.25) is 4.79 Å². The summed E-state index contributed by atoms with van der Waals surface area (Å²) >= 11 is 5.15. The molecule has 0 saturated carbocycles. The zero-order valence-corrected chi connectivity index (χ0v) is 21.7. The van der Waals surface area contributed by atoms with E-state index in [9.17, 15) is 4.79 Å². The van der Waals surface area contributed by atoms with Crippen molar-refractivity contribution in [3.8, 4) is 0 Å². The minimum Gasteiger partial charge on any atom is -0.328 e. The summed E-state index contributed by atoms with van der Waals surface area (Å²) in [5.74, 6) is 1.70. The number of allylic oxidation sites excluding steroid dienone is 2. The Hall–Kier alpha value is -2.38. The molecule has 2 aromatic carbocycles. The number of rotatable bonds is 4. The molecule has 1 N–H and O–H groups in total. The van der Waals surface area contributed by atoms with E-state index < -0.39 is 0 Å². The zero-order chi connectivity index (χ0) is 23.3. The lowest BCUT2D eigenvalue weighted by Gasteiger charge is -2.38. The highest BCUT2D eigenvalue weighted by Gasteiger charge is 2.41. The van der Waals surface area contributed by atoms with Crippen LogP contribution in [0, 0.1) is 19.3 Å². The maximum atomic E-state index is 13.3. The largest absolute Gasteiger partial charge is 0.328 e. The summed E-state index contributed by atoms with van der Waals surface area (Å²) in [4.78, 5) is 18.1. The van der Waals surface area contributed by atoms with Crippen LogP contribution in [0.5, 0.6) is 0 Å². The van der Waals surface area contributed by atoms with Crippen molar-refractivity contribution in [1.29, 1.82) is 0 Å². The number of benzene rings is 2. The molecule has 0 bridgehead atoms.